The summed E-state index contributed by atoms with van der Waals surface area (Å²) >= 11 is 8.29. The normalized spacial score (nSPS) is 27.3. The van der Waals surface area contributed by atoms with E-state index in [0.717, 1.165) is 23.9 Å². The molecule has 2 aromatic heterocycles. The van der Waals surface area contributed by atoms with Gasteiger partial charge in [-0.25, -0.2) is 9.97 Å². The molecular formula is C16H21ClIN3O3S. The summed E-state index contributed by atoms with van der Waals surface area (Å²) in [7, 11) is 1.32. The molecule has 1 N–H and O–H groups in total. The Balaban J connectivity index is 1.91. The van der Waals surface area contributed by atoms with Gasteiger partial charge in [0.25, 0.3) is 0 Å². The lowest BCUT2D eigenvalue weighted by Gasteiger charge is -2.34. The molecule has 0 aromatic carbocycles. The second-order valence-electron chi connectivity index (χ2n) is 7.25. The molecule has 0 saturated heterocycles. The second-order valence-corrected chi connectivity index (χ2v) is 9.05. The van der Waals surface area contributed by atoms with Crippen molar-refractivity contribution in [2.45, 2.75) is 51.5 Å². The summed E-state index contributed by atoms with van der Waals surface area (Å²) in [5.74, 6) is -1.19. The Morgan fingerprint density at radius 2 is 2.28 bits per heavy atom. The van der Waals surface area contributed by atoms with Crippen LogP contribution in [0.4, 0.5) is 0 Å². The third kappa shape index (κ3) is 4.24. The number of rotatable bonds is 6. The van der Waals surface area contributed by atoms with Crippen LogP contribution in [0.25, 0.3) is 11.0 Å². The van der Waals surface area contributed by atoms with E-state index in [0.29, 0.717) is 11.8 Å². The van der Waals surface area contributed by atoms with E-state index in [9.17, 15) is 5.11 Å². The van der Waals surface area contributed by atoms with Gasteiger partial charge >= 0.3 is 0 Å². The quantitative estimate of drug-likeness (QED) is 0.273. The van der Waals surface area contributed by atoms with Crippen molar-refractivity contribution >= 4 is 53.1 Å². The summed E-state index contributed by atoms with van der Waals surface area (Å²) in [5.41, 5.74) is 0.608. The predicted octanol–water partition coefficient (Wildman–Crippen LogP) is 4.55. The number of halogens is 2. The average molecular weight is 498 g/mol. The predicted molar refractivity (Wildman–Crippen MR) is 108 cm³/mol. The maximum atomic E-state index is 10.1. The maximum absolute atomic E-state index is 10.1. The zero-order valence-electron chi connectivity index (χ0n) is 14.3. The van der Waals surface area contributed by atoms with Gasteiger partial charge in [0.05, 0.1) is 27.3 Å². The van der Waals surface area contributed by atoms with Crippen LogP contribution in [0.2, 0.25) is 5.15 Å². The van der Waals surface area contributed by atoms with Gasteiger partial charge in [-0.1, -0.05) is 18.5 Å². The standard InChI is InChI=1S/C16H21ClIN3O3S/c1-15(2,22)24-12-6-10(7-16(12,3)8-23-25-18)21-5-4-11-13(17)19-9-20-14(11)21/h4-5,9-10,12,22H,6-8H2,1-3H3/t10?,12-,16+/m0/s1. The van der Waals surface area contributed by atoms with E-state index in [-0.39, 0.29) is 17.6 Å². The summed E-state index contributed by atoms with van der Waals surface area (Å²) in [4.78, 5) is 8.44. The van der Waals surface area contributed by atoms with E-state index < -0.39 is 5.79 Å². The molecule has 1 saturated carbocycles. The molecule has 2 aromatic rings. The summed E-state index contributed by atoms with van der Waals surface area (Å²) in [6.07, 6.45) is 4.97. The summed E-state index contributed by atoms with van der Waals surface area (Å²) in [5, 5.41) is 11.4. The lowest BCUT2D eigenvalue weighted by Crippen LogP contribution is -2.39. The zero-order valence-corrected chi connectivity index (χ0v) is 18.0. The number of nitrogens with zero attached hydrogens (tertiary/aromatic N) is 3. The highest BCUT2D eigenvalue weighted by molar-refractivity contribution is 14.2. The number of ether oxygens (including phenoxy) is 1. The van der Waals surface area contributed by atoms with Gasteiger partial charge in [-0.2, -0.15) is 0 Å². The Bertz CT molecular complexity index is 754. The Kier molecular flexibility index (Phi) is 5.87. The Morgan fingerprint density at radius 3 is 2.96 bits per heavy atom. The van der Waals surface area contributed by atoms with Gasteiger partial charge in [0, 0.05) is 38.9 Å². The van der Waals surface area contributed by atoms with Crippen LogP contribution in [0.15, 0.2) is 18.6 Å². The van der Waals surface area contributed by atoms with Gasteiger partial charge < -0.3 is 18.6 Å². The van der Waals surface area contributed by atoms with Crippen LogP contribution in [0.5, 0.6) is 0 Å². The highest BCUT2D eigenvalue weighted by atomic mass is 127. The average Bonchev–Trinajstić information content (AvgIpc) is 3.07. The minimum atomic E-state index is -1.19. The van der Waals surface area contributed by atoms with E-state index >= 15 is 0 Å². The molecule has 9 heteroatoms. The monoisotopic (exact) mass is 497 g/mol. The fourth-order valence-corrected chi connectivity index (χ4v) is 4.46. The van der Waals surface area contributed by atoms with E-state index in [1.54, 1.807) is 13.8 Å². The fourth-order valence-electron chi connectivity index (χ4n) is 3.58. The van der Waals surface area contributed by atoms with Crippen molar-refractivity contribution in [1.29, 1.82) is 0 Å². The SMILES string of the molecule is CC(C)(O)O[C@H]1CC(n2ccc3c(Cl)ncnc32)C[C@]1(C)COSI. The van der Waals surface area contributed by atoms with Crippen LogP contribution in [-0.2, 0) is 8.92 Å². The molecule has 25 heavy (non-hydrogen) atoms. The first kappa shape index (κ1) is 19.6. The van der Waals surface area contributed by atoms with Crippen LogP contribution in [-0.4, -0.2) is 38.1 Å². The van der Waals surface area contributed by atoms with Crippen molar-refractivity contribution in [3.8, 4) is 0 Å². The molecule has 0 aliphatic heterocycles. The third-order valence-electron chi connectivity index (χ3n) is 4.68. The van der Waals surface area contributed by atoms with Crippen molar-refractivity contribution in [3.63, 3.8) is 0 Å². The fraction of sp³-hybridized carbons (Fsp3) is 0.625. The Hall–Kier alpha value is -0.130. The first-order chi connectivity index (χ1) is 11.7. The van der Waals surface area contributed by atoms with E-state index in [4.69, 9.17) is 20.5 Å². The number of fused-ring (bicyclic) bond motifs is 1. The van der Waals surface area contributed by atoms with Crippen LogP contribution in [0.3, 0.4) is 0 Å². The third-order valence-corrected chi connectivity index (χ3v) is 5.95. The molecule has 1 fully saturated rings. The van der Waals surface area contributed by atoms with Crippen molar-refractivity contribution in [2.75, 3.05) is 6.61 Å². The topological polar surface area (TPSA) is 69.4 Å². The number of hydrogen-bond acceptors (Lipinski definition) is 6. The molecular weight excluding hydrogens is 477 g/mol. The minimum absolute atomic E-state index is 0.129. The van der Waals surface area contributed by atoms with Crippen LogP contribution < -0.4 is 0 Å². The lowest BCUT2D eigenvalue weighted by molar-refractivity contribution is -0.226. The smallest absolute Gasteiger partial charge is 0.160 e. The van der Waals surface area contributed by atoms with Crippen molar-refractivity contribution in [2.24, 2.45) is 5.41 Å². The maximum Gasteiger partial charge on any atom is 0.160 e. The number of aromatic nitrogens is 3. The highest BCUT2D eigenvalue weighted by Gasteiger charge is 2.47. The van der Waals surface area contributed by atoms with Crippen molar-refractivity contribution in [1.82, 2.24) is 14.5 Å². The molecule has 3 atom stereocenters. The van der Waals surface area contributed by atoms with Gasteiger partial charge in [-0.05, 0) is 32.8 Å². The van der Waals surface area contributed by atoms with Crippen molar-refractivity contribution in [3.05, 3.63) is 23.7 Å². The number of hydrogen-bond donors (Lipinski definition) is 1. The number of aliphatic hydroxyl groups is 1. The molecule has 1 aliphatic rings. The molecule has 0 amide bonds. The largest absolute Gasteiger partial charge is 0.366 e. The molecule has 2 heterocycles. The molecule has 0 radical (unpaired) electrons. The van der Waals surface area contributed by atoms with Gasteiger partial charge in [-0.3, -0.25) is 0 Å². The second kappa shape index (κ2) is 7.47. The van der Waals surface area contributed by atoms with E-state index in [1.165, 1.54) is 15.5 Å². The van der Waals surface area contributed by atoms with Gasteiger partial charge in [0.15, 0.2) is 5.79 Å². The highest BCUT2D eigenvalue weighted by Crippen LogP contribution is 2.48. The molecule has 6 nitrogen and oxygen atoms in total. The molecule has 1 aliphatic carbocycles. The minimum Gasteiger partial charge on any atom is -0.366 e. The summed E-state index contributed by atoms with van der Waals surface area (Å²) in [6.45, 7) is 6.01. The Labute approximate surface area is 168 Å². The molecule has 0 bridgehead atoms. The molecule has 0 spiro atoms. The summed E-state index contributed by atoms with van der Waals surface area (Å²) < 4.78 is 13.7. The molecule has 3 rings (SSSR count). The van der Waals surface area contributed by atoms with E-state index in [2.05, 4.69) is 42.7 Å². The van der Waals surface area contributed by atoms with Crippen molar-refractivity contribution < 1.29 is 14.0 Å². The van der Waals surface area contributed by atoms with Crippen LogP contribution in [0, 0.1) is 5.41 Å². The zero-order chi connectivity index (χ0) is 18.2. The van der Waals surface area contributed by atoms with Gasteiger partial charge in [-0.15, -0.1) is 0 Å². The Morgan fingerprint density at radius 1 is 1.52 bits per heavy atom. The van der Waals surface area contributed by atoms with E-state index in [1.807, 2.05) is 12.3 Å². The summed E-state index contributed by atoms with van der Waals surface area (Å²) in [6, 6.07) is 2.12. The molecule has 138 valence electrons. The van der Waals surface area contributed by atoms with Crippen LogP contribution >= 0.6 is 42.0 Å². The van der Waals surface area contributed by atoms with Crippen LogP contribution in [0.1, 0.15) is 39.7 Å². The molecule has 1 unspecified atom stereocenters. The van der Waals surface area contributed by atoms with Gasteiger partial charge in [0.2, 0.25) is 0 Å². The lowest BCUT2D eigenvalue weighted by atomic mass is 9.87. The first-order valence-electron chi connectivity index (χ1n) is 8.01. The van der Waals surface area contributed by atoms with Gasteiger partial charge in [0.1, 0.15) is 17.1 Å². The first-order valence-corrected chi connectivity index (χ1v) is 11.7.